The van der Waals surface area contributed by atoms with Crippen LogP contribution >= 0.6 is 15.9 Å². The second kappa shape index (κ2) is 4.98. The highest BCUT2D eigenvalue weighted by atomic mass is 79.9. The fourth-order valence-corrected chi connectivity index (χ4v) is 1.70. The first-order chi connectivity index (χ1) is 8.20. The SMILES string of the molecule is Cc1ccc(Br)cc1Oc1cccnc1C#N. The van der Waals surface area contributed by atoms with E-state index in [9.17, 15) is 0 Å². The first kappa shape index (κ1) is 11.6. The molecule has 0 saturated heterocycles. The van der Waals surface area contributed by atoms with E-state index in [-0.39, 0.29) is 5.69 Å². The number of benzene rings is 1. The van der Waals surface area contributed by atoms with E-state index in [4.69, 9.17) is 10.00 Å². The number of aryl methyl sites for hydroxylation is 1. The maximum absolute atomic E-state index is 8.92. The molecule has 1 aromatic carbocycles. The second-order valence-corrected chi connectivity index (χ2v) is 4.39. The number of hydrogen-bond donors (Lipinski definition) is 0. The zero-order chi connectivity index (χ0) is 12.3. The van der Waals surface area contributed by atoms with Crippen molar-refractivity contribution in [2.24, 2.45) is 0 Å². The molecule has 17 heavy (non-hydrogen) atoms. The average Bonchev–Trinajstić information content (AvgIpc) is 2.34. The minimum atomic E-state index is 0.284. The highest BCUT2D eigenvalue weighted by molar-refractivity contribution is 9.10. The molecule has 0 spiro atoms. The number of rotatable bonds is 2. The van der Waals surface area contributed by atoms with Crippen LogP contribution in [0.1, 0.15) is 11.3 Å². The third-order valence-corrected chi connectivity index (χ3v) is 2.74. The minimum absolute atomic E-state index is 0.284. The molecule has 2 rings (SSSR count). The van der Waals surface area contributed by atoms with Crippen LogP contribution in [0, 0.1) is 18.3 Å². The molecule has 0 saturated carbocycles. The van der Waals surface area contributed by atoms with Gasteiger partial charge in [-0.25, -0.2) is 4.98 Å². The molecule has 2 aromatic rings. The standard InChI is InChI=1S/C13H9BrN2O/c1-9-4-5-10(14)7-13(9)17-12-3-2-6-16-11(12)8-15/h2-7H,1H3. The summed E-state index contributed by atoms with van der Waals surface area (Å²) in [5, 5.41) is 8.92. The zero-order valence-electron chi connectivity index (χ0n) is 9.14. The lowest BCUT2D eigenvalue weighted by molar-refractivity contribution is 0.474. The Balaban J connectivity index is 2.38. The summed E-state index contributed by atoms with van der Waals surface area (Å²) in [4.78, 5) is 3.95. The molecule has 0 fully saturated rings. The number of hydrogen-bond acceptors (Lipinski definition) is 3. The van der Waals surface area contributed by atoms with Gasteiger partial charge in [-0.15, -0.1) is 0 Å². The second-order valence-electron chi connectivity index (χ2n) is 3.47. The van der Waals surface area contributed by atoms with E-state index < -0.39 is 0 Å². The van der Waals surface area contributed by atoms with E-state index in [0.29, 0.717) is 11.5 Å². The molecule has 0 bridgehead atoms. The van der Waals surface area contributed by atoms with Crippen LogP contribution in [0.3, 0.4) is 0 Å². The van der Waals surface area contributed by atoms with Crippen molar-refractivity contribution >= 4 is 15.9 Å². The van der Waals surface area contributed by atoms with Crippen LogP contribution in [0.5, 0.6) is 11.5 Å². The van der Waals surface area contributed by atoms with Crippen LogP contribution < -0.4 is 4.74 Å². The Hall–Kier alpha value is -1.86. The van der Waals surface area contributed by atoms with Crippen molar-refractivity contribution in [1.82, 2.24) is 4.98 Å². The fraction of sp³-hybridized carbons (Fsp3) is 0.0769. The maximum atomic E-state index is 8.92. The van der Waals surface area contributed by atoms with Crippen molar-refractivity contribution in [3.05, 3.63) is 52.3 Å². The van der Waals surface area contributed by atoms with Crippen LogP contribution in [0.15, 0.2) is 41.0 Å². The van der Waals surface area contributed by atoms with E-state index >= 15 is 0 Å². The first-order valence-electron chi connectivity index (χ1n) is 5.00. The predicted octanol–water partition coefficient (Wildman–Crippen LogP) is 3.82. The molecule has 0 radical (unpaired) electrons. The average molecular weight is 289 g/mol. The highest BCUT2D eigenvalue weighted by Gasteiger charge is 2.07. The van der Waals surface area contributed by atoms with E-state index in [1.54, 1.807) is 18.3 Å². The van der Waals surface area contributed by atoms with Crippen molar-refractivity contribution < 1.29 is 4.74 Å². The van der Waals surface area contributed by atoms with Gasteiger partial charge in [0.25, 0.3) is 0 Å². The quantitative estimate of drug-likeness (QED) is 0.844. The summed E-state index contributed by atoms with van der Waals surface area (Å²) in [5.74, 6) is 1.18. The normalized spacial score (nSPS) is 9.71. The van der Waals surface area contributed by atoms with Gasteiger partial charge in [-0.05, 0) is 36.8 Å². The molecule has 0 aliphatic heterocycles. The Labute approximate surface area is 108 Å². The van der Waals surface area contributed by atoms with E-state index in [1.165, 1.54) is 0 Å². The molecule has 0 aliphatic rings. The van der Waals surface area contributed by atoms with Crippen molar-refractivity contribution in [3.8, 4) is 17.6 Å². The molecule has 0 unspecified atom stereocenters. The summed E-state index contributed by atoms with van der Waals surface area (Å²) >= 11 is 3.38. The molecule has 1 aromatic heterocycles. The molecule has 0 aliphatic carbocycles. The summed E-state index contributed by atoms with van der Waals surface area (Å²) in [6.45, 7) is 1.95. The van der Waals surface area contributed by atoms with Gasteiger partial charge < -0.3 is 4.74 Å². The van der Waals surface area contributed by atoms with Crippen LogP contribution in [0.4, 0.5) is 0 Å². The van der Waals surface area contributed by atoms with Gasteiger partial charge in [0.05, 0.1) is 0 Å². The maximum Gasteiger partial charge on any atom is 0.183 e. The lowest BCUT2D eigenvalue weighted by atomic mass is 10.2. The molecule has 4 heteroatoms. The molecule has 84 valence electrons. The zero-order valence-corrected chi connectivity index (χ0v) is 10.7. The Morgan fingerprint density at radius 2 is 2.12 bits per heavy atom. The van der Waals surface area contributed by atoms with Gasteiger partial charge in [-0.3, -0.25) is 0 Å². The molecular weight excluding hydrogens is 280 g/mol. The van der Waals surface area contributed by atoms with E-state index in [0.717, 1.165) is 10.0 Å². The summed E-state index contributed by atoms with van der Waals surface area (Å²) in [7, 11) is 0. The molecule has 1 heterocycles. The van der Waals surface area contributed by atoms with Crippen LogP contribution in [0.25, 0.3) is 0 Å². The molecule has 0 amide bonds. The van der Waals surface area contributed by atoms with Gasteiger partial charge in [0.1, 0.15) is 11.8 Å². The summed E-state index contributed by atoms with van der Waals surface area (Å²) in [6.07, 6.45) is 1.57. The Kier molecular flexibility index (Phi) is 3.40. The lowest BCUT2D eigenvalue weighted by Crippen LogP contribution is -1.92. The number of nitrogens with zero attached hydrogens (tertiary/aromatic N) is 2. The number of pyridine rings is 1. The summed E-state index contributed by atoms with van der Waals surface area (Å²) < 4.78 is 6.63. The van der Waals surface area contributed by atoms with Gasteiger partial charge in [-0.1, -0.05) is 22.0 Å². The van der Waals surface area contributed by atoms with Crippen molar-refractivity contribution in [3.63, 3.8) is 0 Å². The van der Waals surface area contributed by atoms with Crippen LogP contribution in [-0.2, 0) is 0 Å². The van der Waals surface area contributed by atoms with Crippen LogP contribution in [0.2, 0.25) is 0 Å². The molecule has 3 nitrogen and oxygen atoms in total. The summed E-state index contributed by atoms with van der Waals surface area (Å²) in [5.41, 5.74) is 1.29. The first-order valence-corrected chi connectivity index (χ1v) is 5.79. The molecular formula is C13H9BrN2O. The number of aromatic nitrogens is 1. The fourth-order valence-electron chi connectivity index (χ4n) is 1.36. The number of nitriles is 1. The Morgan fingerprint density at radius 3 is 2.88 bits per heavy atom. The predicted molar refractivity (Wildman–Crippen MR) is 67.9 cm³/mol. The van der Waals surface area contributed by atoms with Gasteiger partial charge in [-0.2, -0.15) is 5.26 Å². The largest absolute Gasteiger partial charge is 0.454 e. The number of halogens is 1. The van der Waals surface area contributed by atoms with Gasteiger partial charge >= 0.3 is 0 Å². The van der Waals surface area contributed by atoms with Gasteiger partial charge in [0.2, 0.25) is 0 Å². The Bertz CT molecular complexity index is 590. The summed E-state index contributed by atoms with van der Waals surface area (Å²) in [6, 6.07) is 11.2. The molecule has 0 N–H and O–H groups in total. The highest BCUT2D eigenvalue weighted by Crippen LogP contribution is 2.29. The van der Waals surface area contributed by atoms with Crippen molar-refractivity contribution in [1.29, 1.82) is 5.26 Å². The Morgan fingerprint density at radius 1 is 1.29 bits per heavy atom. The van der Waals surface area contributed by atoms with Crippen LogP contribution in [-0.4, -0.2) is 4.98 Å². The minimum Gasteiger partial charge on any atom is -0.454 e. The lowest BCUT2D eigenvalue weighted by Gasteiger charge is -2.09. The third-order valence-electron chi connectivity index (χ3n) is 2.25. The van der Waals surface area contributed by atoms with Crippen molar-refractivity contribution in [2.75, 3.05) is 0 Å². The molecule has 0 atom stereocenters. The monoisotopic (exact) mass is 288 g/mol. The van der Waals surface area contributed by atoms with Gasteiger partial charge in [0.15, 0.2) is 11.4 Å². The van der Waals surface area contributed by atoms with E-state index in [1.807, 2.05) is 31.2 Å². The number of ether oxygens (including phenoxy) is 1. The smallest absolute Gasteiger partial charge is 0.183 e. The van der Waals surface area contributed by atoms with E-state index in [2.05, 4.69) is 20.9 Å². The topological polar surface area (TPSA) is 45.9 Å². The third kappa shape index (κ3) is 2.63. The van der Waals surface area contributed by atoms with Crippen molar-refractivity contribution in [2.45, 2.75) is 6.92 Å². The van der Waals surface area contributed by atoms with Gasteiger partial charge in [0, 0.05) is 10.7 Å².